The van der Waals surface area contributed by atoms with Crippen molar-refractivity contribution in [2.45, 2.75) is 18.9 Å². The highest BCUT2D eigenvalue weighted by molar-refractivity contribution is 6.27. The van der Waals surface area contributed by atoms with E-state index in [4.69, 9.17) is 11.6 Å². The molecular weight excluding hydrogens is 264 g/mol. The second-order valence-electron chi connectivity index (χ2n) is 4.63. The van der Waals surface area contributed by atoms with Gasteiger partial charge in [-0.05, 0) is 25.0 Å². The summed E-state index contributed by atoms with van der Waals surface area (Å²) >= 11 is 5.53. The van der Waals surface area contributed by atoms with Gasteiger partial charge in [0.2, 0.25) is 5.91 Å². The third kappa shape index (κ3) is 3.70. The lowest BCUT2D eigenvalue weighted by atomic mass is 10.0. The lowest BCUT2D eigenvalue weighted by molar-refractivity contribution is -0.129. The molecule has 0 unspecified atom stereocenters. The zero-order valence-electron chi connectivity index (χ0n) is 10.6. The van der Waals surface area contributed by atoms with E-state index in [-0.39, 0.29) is 23.7 Å². The van der Waals surface area contributed by atoms with Crippen molar-refractivity contribution in [3.05, 3.63) is 35.9 Å². The maximum absolute atomic E-state index is 12.0. The summed E-state index contributed by atoms with van der Waals surface area (Å²) in [6.45, 7) is 1.32. The highest BCUT2D eigenvalue weighted by Crippen LogP contribution is 2.12. The highest BCUT2D eigenvalue weighted by Gasteiger charge is 2.23. The van der Waals surface area contributed by atoms with E-state index in [9.17, 15) is 9.59 Å². The Labute approximate surface area is 117 Å². The van der Waals surface area contributed by atoms with Gasteiger partial charge in [-0.25, -0.2) is 0 Å². The summed E-state index contributed by atoms with van der Waals surface area (Å²) in [5.41, 5.74) is 0.668. The Balaban J connectivity index is 1.83. The highest BCUT2D eigenvalue weighted by atomic mass is 35.5. The van der Waals surface area contributed by atoms with Crippen LogP contribution in [0.15, 0.2) is 30.3 Å². The molecule has 0 radical (unpaired) electrons. The molecule has 0 bridgehead atoms. The van der Waals surface area contributed by atoms with Gasteiger partial charge in [0.1, 0.15) is 5.88 Å². The van der Waals surface area contributed by atoms with Crippen LogP contribution in [-0.2, 0) is 4.79 Å². The average molecular weight is 281 g/mol. The number of alkyl halides is 1. The zero-order valence-corrected chi connectivity index (χ0v) is 11.4. The molecule has 5 heteroatoms. The number of halogens is 1. The Kier molecular flexibility index (Phi) is 4.80. The van der Waals surface area contributed by atoms with Crippen LogP contribution in [0.25, 0.3) is 0 Å². The quantitative estimate of drug-likeness (QED) is 0.856. The van der Waals surface area contributed by atoms with Gasteiger partial charge in [-0.15, -0.1) is 11.6 Å². The van der Waals surface area contributed by atoms with E-state index in [1.54, 1.807) is 17.0 Å². The lowest BCUT2D eigenvalue weighted by Crippen LogP contribution is -2.46. The number of nitrogens with one attached hydrogen (secondary N) is 1. The molecule has 2 amide bonds. The predicted molar refractivity (Wildman–Crippen MR) is 74.2 cm³/mol. The summed E-state index contributed by atoms with van der Waals surface area (Å²) in [7, 11) is 0. The number of piperidine rings is 1. The first-order chi connectivity index (χ1) is 9.20. The van der Waals surface area contributed by atoms with Crippen molar-refractivity contribution in [3.8, 4) is 0 Å². The molecule has 0 aliphatic carbocycles. The number of likely N-dealkylation sites (tertiary alicyclic amines) is 1. The van der Waals surface area contributed by atoms with E-state index < -0.39 is 0 Å². The van der Waals surface area contributed by atoms with E-state index in [0.29, 0.717) is 18.7 Å². The third-order valence-electron chi connectivity index (χ3n) is 3.33. The molecule has 102 valence electrons. The van der Waals surface area contributed by atoms with Gasteiger partial charge in [-0.1, -0.05) is 18.2 Å². The molecule has 4 nitrogen and oxygen atoms in total. The molecule has 1 aliphatic heterocycles. The van der Waals surface area contributed by atoms with Gasteiger partial charge < -0.3 is 10.2 Å². The summed E-state index contributed by atoms with van der Waals surface area (Å²) in [6.07, 6.45) is 1.56. The maximum Gasteiger partial charge on any atom is 0.251 e. The smallest absolute Gasteiger partial charge is 0.251 e. The van der Waals surface area contributed by atoms with Crippen molar-refractivity contribution in [2.75, 3.05) is 19.0 Å². The molecular formula is C14H17ClN2O2. The van der Waals surface area contributed by atoms with Gasteiger partial charge in [-0.2, -0.15) is 0 Å². The van der Waals surface area contributed by atoms with Gasteiger partial charge in [0.05, 0.1) is 0 Å². The minimum Gasteiger partial charge on any atom is -0.349 e. The molecule has 2 rings (SSSR count). The standard InChI is InChI=1S/C14H17ClN2O2/c15-10-13(18)17-8-6-12(7-9-17)16-14(19)11-4-2-1-3-5-11/h1-5,12H,6-10H2,(H,16,19). The van der Waals surface area contributed by atoms with Crippen LogP contribution in [0.5, 0.6) is 0 Å². The Morgan fingerprint density at radius 3 is 2.42 bits per heavy atom. The summed E-state index contributed by atoms with van der Waals surface area (Å²) in [4.78, 5) is 25.1. The monoisotopic (exact) mass is 280 g/mol. The first-order valence-corrected chi connectivity index (χ1v) is 6.94. The zero-order chi connectivity index (χ0) is 13.7. The SMILES string of the molecule is O=C(NC1CCN(C(=O)CCl)CC1)c1ccccc1. The lowest BCUT2D eigenvalue weighted by Gasteiger charge is -2.32. The van der Waals surface area contributed by atoms with E-state index >= 15 is 0 Å². The molecule has 0 aromatic heterocycles. The number of nitrogens with zero attached hydrogens (tertiary/aromatic N) is 1. The predicted octanol–water partition coefficient (Wildman–Crippen LogP) is 1.65. The molecule has 0 spiro atoms. The molecule has 19 heavy (non-hydrogen) atoms. The molecule has 1 aromatic rings. The fraction of sp³-hybridized carbons (Fsp3) is 0.429. The van der Waals surface area contributed by atoms with Gasteiger partial charge in [0.25, 0.3) is 5.91 Å². The van der Waals surface area contributed by atoms with Crippen molar-refractivity contribution in [3.63, 3.8) is 0 Å². The summed E-state index contributed by atoms with van der Waals surface area (Å²) in [5, 5.41) is 3.00. The number of rotatable bonds is 3. The van der Waals surface area contributed by atoms with Crippen LogP contribution in [0.3, 0.4) is 0 Å². The Hall–Kier alpha value is -1.55. The number of amides is 2. The van der Waals surface area contributed by atoms with Crippen molar-refractivity contribution in [1.29, 1.82) is 0 Å². The van der Waals surface area contributed by atoms with E-state index in [1.807, 2.05) is 18.2 Å². The normalized spacial score (nSPS) is 16.2. The van der Waals surface area contributed by atoms with Gasteiger partial charge in [-0.3, -0.25) is 9.59 Å². The molecule has 1 aromatic carbocycles. The van der Waals surface area contributed by atoms with Gasteiger partial charge in [0.15, 0.2) is 0 Å². The maximum atomic E-state index is 12.0. The molecule has 1 saturated heterocycles. The number of hydrogen-bond acceptors (Lipinski definition) is 2. The first kappa shape index (κ1) is 13.9. The van der Waals surface area contributed by atoms with Crippen LogP contribution < -0.4 is 5.32 Å². The molecule has 0 saturated carbocycles. The molecule has 1 fully saturated rings. The number of hydrogen-bond donors (Lipinski definition) is 1. The average Bonchev–Trinajstić information content (AvgIpc) is 2.48. The van der Waals surface area contributed by atoms with Crippen molar-refractivity contribution in [2.24, 2.45) is 0 Å². The largest absolute Gasteiger partial charge is 0.349 e. The number of benzene rings is 1. The van der Waals surface area contributed by atoms with Crippen LogP contribution in [0.1, 0.15) is 23.2 Å². The van der Waals surface area contributed by atoms with Crippen LogP contribution in [0.4, 0.5) is 0 Å². The van der Waals surface area contributed by atoms with Crippen LogP contribution in [0.2, 0.25) is 0 Å². The van der Waals surface area contributed by atoms with Gasteiger partial charge >= 0.3 is 0 Å². The summed E-state index contributed by atoms with van der Waals surface area (Å²) in [5.74, 6) is -0.0571. The van der Waals surface area contributed by atoms with Crippen LogP contribution >= 0.6 is 11.6 Å². The summed E-state index contributed by atoms with van der Waals surface area (Å²) < 4.78 is 0. The number of carbonyl (C=O) groups excluding carboxylic acids is 2. The minimum atomic E-state index is -0.0530. The molecule has 0 atom stereocenters. The fourth-order valence-corrected chi connectivity index (χ4v) is 2.39. The molecule has 1 N–H and O–H groups in total. The van der Waals surface area contributed by atoms with Crippen LogP contribution in [0, 0.1) is 0 Å². The van der Waals surface area contributed by atoms with Crippen molar-refractivity contribution < 1.29 is 9.59 Å². The number of carbonyl (C=O) groups is 2. The fourth-order valence-electron chi connectivity index (χ4n) is 2.22. The van der Waals surface area contributed by atoms with Crippen molar-refractivity contribution in [1.82, 2.24) is 10.2 Å². The second-order valence-corrected chi connectivity index (χ2v) is 4.90. The summed E-state index contributed by atoms with van der Waals surface area (Å²) in [6, 6.07) is 9.29. The van der Waals surface area contributed by atoms with Gasteiger partial charge in [0, 0.05) is 24.7 Å². The first-order valence-electron chi connectivity index (χ1n) is 6.40. The molecule has 1 heterocycles. The van der Waals surface area contributed by atoms with E-state index in [0.717, 1.165) is 12.8 Å². The van der Waals surface area contributed by atoms with Crippen LogP contribution in [-0.4, -0.2) is 41.7 Å². The topological polar surface area (TPSA) is 49.4 Å². The van der Waals surface area contributed by atoms with E-state index in [1.165, 1.54) is 0 Å². The Morgan fingerprint density at radius 2 is 1.84 bits per heavy atom. The molecule has 1 aliphatic rings. The second kappa shape index (κ2) is 6.57. The third-order valence-corrected chi connectivity index (χ3v) is 3.56. The minimum absolute atomic E-state index is 0.0288. The Morgan fingerprint density at radius 1 is 1.21 bits per heavy atom. The van der Waals surface area contributed by atoms with Crippen molar-refractivity contribution >= 4 is 23.4 Å². The van der Waals surface area contributed by atoms with E-state index in [2.05, 4.69) is 5.32 Å². The Bertz CT molecular complexity index is 442.